The molecule has 0 radical (unpaired) electrons. The van der Waals surface area contributed by atoms with Gasteiger partial charge in [0, 0.05) is 14.0 Å². The Balaban J connectivity index is 2.73. The molecule has 1 amide bonds. The van der Waals surface area contributed by atoms with Crippen LogP contribution in [0.25, 0.3) is 0 Å². The van der Waals surface area contributed by atoms with Crippen LogP contribution in [-0.4, -0.2) is 36.3 Å². The van der Waals surface area contributed by atoms with Crippen molar-refractivity contribution in [1.82, 2.24) is 4.90 Å². The van der Waals surface area contributed by atoms with E-state index in [1.165, 1.54) is 23.6 Å². The number of hydrogen-bond acceptors (Lipinski definition) is 4. The Kier molecular flexibility index (Phi) is 2.98. The van der Waals surface area contributed by atoms with Gasteiger partial charge in [-0.2, -0.15) is 0 Å². The molecule has 0 aromatic heterocycles. The third-order valence-corrected chi connectivity index (χ3v) is 2.46. The van der Waals surface area contributed by atoms with Crippen molar-refractivity contribution in [3.05, 3.63) is 11.0 Å². The molecule has 0 saturated carbocycles. The van der Waals surface area contributed by atoms with Crippen LogP contribution in [0.2, 0.25) is 0 Å². The van der Waals surface area contributed by atoms with E-state index in [0.717, 1.165) is 0 Å². The van der Waals surface area contributed by atoms with Crippen molar-refractivity contribution in [2.45, 2.75) is 13.2 Å². The van der Waals surface area contributed by atoms with Crippen molar-refractivity contribution >= 4 is 23.6 Å². The molecule has 4 nitrogen and oxygen atoms in total. The molecule has 5 heteroatoms. The molecular formula is C8H11NO3S. The largest absolute Gasteiger partial charge is 0.438 e. The van der Waals surface area contributed by atoms with Gasteiger partial charge in [0.15, 0.2) is 6.23 Å². The lowest BCUT2D eigenvalue weighted by Gasteiger charge is -2.18. The molecular weight excluding hydrogens is 190 g/mol. The number of amides is 1. The van der Waals surface area contributed by atoms with E-state index in [2.05, 4.69) is 0 Å². The molecule has 0 aliphatic carbocycles. The smallest absolute Gasteiger partial charge is 0.304 e. The van der Waals surface area contributed by atoms with Gasteiger partial charge in [0.05, 0.1) is 4.91 Å². The van der Waals surface area contributed by atoms with E-state index in [9.17, 15) is 9.59 Å². The van der Waals surface area contributed by atoms with Gasteiger partial charge in [0.1, 0.15) is 0 Å². The highest BCUT2D eigenvalue weighted by molar-refractivity contribution is 8.03. The fourth-order valence-electron chi connectivity index (χ4n) is 1.04. The van der Waals surface area contributed by atoms with Gasteiger partial charge < -0.3 is 9.64 Å². The van der Waals surface area contributed by atoms with Crippen LogP contribution in [0.1, 0.15) is 6.92 Å². The first-order valence-corrected chi connectivity index (χ1v) is 4.99. The number of thioether (sulfide) groups is 1. The van der Waals surface area contributed by atoms with Gasteiger partial charge in [-0.25, -0.2) is 0 Å². The number of hydrogen-bond donors (Lipinski definition) is 0. The second-order valence-electron chi connectivity index (χ2n) is 2.65. The third-order valence-electron chi connectivity index (χ3n) is 1.71. The molecule has 13 heavy (non-hydrogen) atoms. The lowest BCUT2D eigenvalue weighted by atomic mass is 10.5. The molecule has 0 N–H and O–H groups in total. The van der Waals surface area contributed by atoms with Crippen LogP contribution >= 0.6 is 11.8 Å². The van der Waals surface area contributed by atoms with E-state index in [-0.39, 0.29) is 11.9 Å². The average molecular weight is 201 g/mol. The zero-order chi connectivity index (χ0) is 10.0. The number of carbonyl (C=O) groups is 2. The highest BCUT2D eigenvalue weighted by Gasteiger charge is 2.30. The molecule has 0 spiro atoms. The standard InChI is InChI=1S/C8H11NO3S/c1-5(10)12-7-4-6(13-3)8(11)9(7)2/h4,7H,1-3H3. The van der Waals surface area contributed by atoms with Crippen molar-refractivity contribution in [2.75, 3.05) is 13.3 Å². The summed E-state index contributed by atoms with van der Waals surface area (Å²) in [5.74, 6) is -0.484. The van der Waals surface area contributed by atoms with Gasteiger partial charge >= 0.3 is 5.97 Å². The molecule has 72 valence electrons. The molecule has 0 saturated heterocycles. The van der Waals surface area contributed by atoms with Crippen molar-refractivity contribution < 1.29 is 14.3 Å². The minimum atomic E-state index is -0.535. The fraction of sp³-hybridized carbons (Fsp3) is 0.500. The lowest BCUT2D eigenvalue weighted by Crippen LogP contribution is -2.33. The summed E-state index contributed by atoms with van der Waals surface area (Å²) in [6, 6.07) is 0. The molecule has 0 fully saturated rings. The van der Waals surface area contributed by atoms with Gasteiger partial charge in [-0.05, 0) is 12.3 Å². The predicted octanol–water partition coefficient (Wildman–Crippen LogP) is 0.595. The van der Waals surface area contributed by atoms with Crippen LogP contribution in [0.4, 0.5) is 0 Å². The zero-order valence-electron chi connectivity index (χ0n) is 7.73. The summed E-state index contributed by atoms with van der Waals surface area (Å²) in [6.45, 7) is 1.32. The van der Waals surface area contributed by atoms with Crippen LogP contribution in [0.3, 0.4) is 0 Å². The number of nitrogens with zero attached hydrogens (tertiary/aromatic N) is 1. The molecule has 1 aliphatic rings. The van der Waals surface area contributed by atoms with Crippen LogP contribution < -0.4 is 0 Å². The van der Waals surface area contributed by atoms with Gasteiger partial charge in [-0.15, -0.1) is 11.8 Å². The number of carbonyl (C=O) groups excluding carboxylic acids is 2. The van der Waals surface area contributed by atoms with Crippen molar-refractivity contribution in [3.8, 4) is 0 Å². The number of esters is 1. The van der Waals surface area contributed by atoms with Gasteiger partial charge in [0.25, 0.3) is 5.91 Å². The number of rotatable bonds is 2. The minimum absolute atomic E-state index is 0.0984. The first-order chi connectivity index (χ1) is 6.06. The molecule has 0 aromatic carbocycles. The Bertz CT molecular complexity index is 275. The van der Waals surface area contributed by atoms with Gasteiger partial charge in [-0.1, -0.05) is 0 Å². The fourth-order valence-corrected chi connectivity index (χ4v) is 1.61. The summed E-state index contributed by atoms with van der Waals surface area (Å²) in [5, 5.41) is 0. The lowest BCUT2D eigenvalue weighted by molar-refractivity contribution is -0.153. The summed E-state index contributed by atoms with van der Waals surface area (Å²) in [4.78, 5) is 24.0. The first-order valence-electron chi connectivity index (χ1n) is 3.76. The van der Waals surface area contributed by atoms with Gasteiger partial charge in [-0.3, -0.25) is 9.59 Å². The molecule has 1 heterocycles. The maximum Gasteiger partial charge on any atom is 0.304 e. The normalized spacial score (nSPS) is 21.8. The highest BCUT2D eigenvalue weighted by atomic mass is 32.2. The summed E-state index contributed by atoms with van der Waals surface area (Å²) in [5.41, 5.74) is 0. The minimum Gasteiger partial charge on any atom is -0.438 e. The summed E-state index contributed by atoms with van der Waals surface area (Å²) in [7, 11) is 1.61. The van der Waals surface area contributed by atoms with Gasteiger partial charge in [0.2, 0.25) is 0 Å². The quantitative estimate of drug-likeness (QED) is 0.614. The maximum absolute atomic E-state index is 11.4. The van der Waals surface area contributed by atoms with Crippen LogP contribution in [0, 0.1) is 0 Å². The van der Waals surface area contributed by atoms with Crippen LogP contribution in [0.5, 0.6) is 0 Å². The summed E-state index contributed by atoms with van der Waals surface area (Å²) >= 11 is 1.35. The second-order valence-corrected chi connectivity index (χ2v) is 3.50. The summed E-state index contributed by atoms with van der Waals surface area (Å²) < 4.78 is 4.90. The van der Waals surface area contributed by atoms with E-state index < -0.39 is 6.23 Å². The molecule has 1 unspecified atom stereocenters. The zero-order valence-corrected chi connectivity index (χ0v) is 8.55. The SMILES string of the molecule is CSC1=CC(OC(C)=O)N(C)C1=O. The molecule has 0 aromatic rings. The molecule has 1 aliphatic heterocycles. The topological polar surface area (TPSA) is 46.6 Å². The van der Waals surface area contributed by atoms with E-state index in [0.29, 0.717) is 4.91 Å². The van der Waals surface area contributed by atoms with E-state index in [1.54, 1.807) is 13.1 Å². The van der Waals surface area contributed by atoms with Crippen molar-refractivity contribution in [1.29, 1.82) is 0 Å². The van der Waals surface area contributed by atoms with E-state index in [4.69, 9.17) is 4.74 Å². The Morgan fingerprint density at radius 3 is 2.69 bits per heavy atom. The van der Waals surface area contributed by atoms with Crippen molar-refractivity contribution in [3.63, 3.8) is 0 Å². The van der Waals surface area contributed by atoms with E-state index >= 15 is 0 Å². The Labute approximate surface area is 80.9 Å². The van der Waals surface area contributed by atoms with Crippen LogP contribution in [-0.2, 0) is 14.3 Å². The first kappa shape index (κ1) is 10.1. The maximum atomic E-state index is 11.4. The van der Waals surface area contributed by atoms with E-state index in [1.807, 2.05) is 6.26 Å². The monoisotopic (exact) mass is 201 g/mol. The highest BCUT2D eigenvalue weighted by Crippen LogP contribution is 2.24. The Morgan fingerprint density at radius 2 is 2.31 bits per heavy atom. The number of ether oxygens (including phenoxy) is 1. The Morgan fingerprint density at radius 1 is 1.69 bits per heavy atom. The van der Waals surface area contributed by atoms with Crippen molar-refractivity contribution in [2.24, 2.45) is 0 Å². The molecule has 1 atom stereocenters. The second kappa shape index (κ2) is 3.83. The summed E-state index contributed by atoms with van der Waals surface area (Å²) in [6.07, 6.45) is 2.93. The average Bonchev–Trinajstić information content (AvgIpc) is 2.32. The number of likely N-dealkylation sites (N-methyl/N-ethyl adjacent to an activating group) is 1. The predicted molar refractivity (Wildman–Crippen MR) is 49.9 cm³/mol. The molecule has 1 rings (SSSR count). The van der Waals surface area contributed by atoms with Crippen LogP contribution in [0.15, 0.2) is 11.0 Å². The molecule has 0 bridgehead atoms. The Hall–Kier alpha value is -0.970. The third kappa shape index (κ3) is 2.03.